The Morgan fingerprint density at radius 2 is 1.88 bits per heavy atom. The third-order valence-electron chi connectivity index (χ3n) is 5.91. The molecule has 1 aromatic carbocycles. The average Bonchev–Trinajstić information content (AvgIpc) is 3.30. The monoisotopic (exact) mass is 352 g/mol. The van der Waals surface area contributed by atoms with Gasteiger partial charge in [0.1, 0.15) is 11.4 Å². The average molecular weight is 352 g/mol. The minimum atomic E-state index is 0.220. The summed E-state index contributed by atoms with van der Waals surface area (Å²) in [6.45, 7) is 4.68. The van der Waals surface area contributed by atoms with Crippen LogP contribution in [0.5, 0.6) is 5.75 Å². The first-order chi connectivity index (χ1) is 12.7. The molecular formula is C22H28N2O2. The van der Waals surface area contributed by atoms with Crippen LogP contribution >= 0.6 is 0 Å². The zero-order chi connectivity index (χ0) is 18.1. The molecule has 0 bridgehead atoms. The van der Waals surface area contributed by atoms with Gasteiger partial charge in [0.25, 0.3) is 5.91 Å². The Balaban J connectivity index is 1.77. The molecular weight excluding hydrogens is 324 g/mol. The Kier molecular flexibility index (Phi) is 4.75. The van der Waals surface area contributed by atoms with Crippen LogP contribution in [0.4, 0.5) is 0 Å². The fourth-order valence-electron chi connectivity index (χ4n) is 4.55. The van der Waals surface area contributed by atoms with Gasteiger partial charge in [0, 0.05) is 25.3 Å². The molecule has 0 N–H and O–H groups in total. The summed E-state index contributed by atoms with van der Waals surface area (Å²) in [7, 11) is 1.70. The van der Waals surface area contributed by atoms with Gasteiger partial charge in [-0.3, -0.25) is 4.79 Å². The zero-order valence-electron chi connectivity index (χ0n) is 15.9. The van der Waals surface area contributed by atoms with E-state index in [1.807, 2.05) is 17.0 Å². The molecule has 138 valence electrons. The number of hydrogen-bond acceptors (Lipinski definition) is 2. The van der Waals surface area contributed by atoms with Crippen molar-refractivity contribution < 1.29 is 9.53 Å². The first-order valence-corrected chi connectivity index (χ1v) is 9.82. The Morgan fingerprint density at radius 1 is 1.12 bits per heavy atom. The molecule has 26 heavy (non-hydrogen) atoms. The van der Waals surface area contributed by atoms with Crippen LogP contribution in [-0.4, -0.2) is 35.6 Å². The first kappa shape index (κ1) is 17.2. The molecule has 2 heterocycles. The van der Waals surface area contributed by atoms with Gasteiger partial charge in [-0.05, 0) is 74.3 Å². The van der Waals surface area contributed by atoms with Crippen LogP contribution in [0.1, 0.15) is 58.6 Å². The lowest BCUT2D eigenvalue weighted by Crippen LogP contribution is -2.30. The molecule has 0 unspecified atom stereocenters. The third-order valence-corrected chi connectivity index (χ3v) is 5.91. The molecule has 1 aliphatic carbocycles. The van der Waals surface area contributed by atoms with E-state index in [9.17, 15) is 4.79 Å². The lowest BCUT2D eigenvalue weighted by Gasteiger charge is -2.20. The van der Waals surface area contributed by atoms with E-state index in [1.165, 1.54) is 35.2 Å². The number of rotatable bonds is 4. The molecule has 1 aromatic heterocycles. The molecule has 1 saturated heterocycles. The standard InChI is InChI=1S/C22H28N2O2/c1-16-19-10-3-4-11-20(19)24(15-17-8-7-9-18(14-17)26-2)21(16)22(25)23-12-5-6-13-23/h7-9,14H,3-6,10-13,15H2,1-2H3. The van der Waals surface area contributed by atoms with Crippen molar-refractivity contribution in [2.75, 3.05) is 20.2 Å². The van der Waals surface area contributed by atoms with Gasteiger partial charge in [0.05, 0.1) is 7.11 Å². The SMILES string of the molecule is COc1cccc(Cn2c3c(c(C)c2C(=O)N2CCCC2)CCCC3)c1. The van der Waals surface area contributed by atoms with Gasteiger partial charge in [0.2, 0.25) is 0 Å². The topological polar surface area (TPSA) is 34.5 Å². The van der Waals surface area contributed by atoms with Gasteiger partial charge in [0.15, 0.2) is 0 Å². The van der Waals surface area contributed by atoms with Crippen LogP contribution in [0.2, 0.25) is 0 Å². The Bertz CT molecular complexity index is 816. The van der Waals surface area contributed by atoms with Gasteiger partial charge < -0.3 is 14.2 Å². The highest BCUT2D eigenvalue weighted by atomic mass is 16.5. The summed E-state index contributed by atoms with van der Waals surface area (Å²) in [6, 6.07) is 8.20. The summed E-state index contributed by atoms with van der Waals surface area (Å²) in [4.78, 5) is 15.3. The molecule has 0 atom stereocenters. The second-order valence-electron chi connectivity index (χ2n) is 7.54. The first-order valence-electron chi connectivity index (χ1n) is 9.82. The maximum Gasteiger partial charge on any atom is 0.270 e. The normalized spacial score (nSPS) is 16.6. The number of benzene rings is 1. The summed E-state index contributed by atoms with van der Waals surface area (Å²) in [5, 5.41) is 0. The minimum absolute atomic E-state index is 0.220. The van der Waals surface area contributed by atoms with Crippen LogP contribution in [0.15, 0.2) is 24.3 Å². The van der Waals surface area contributed by atoms with Crippen molar-refractivity contribution in [3.8, 4) is 5.75 Å². The van der Waals surface area contributed by atoms with Crippen LogP contribution < -0.4 is 4.74 Å². The van der Waals surface area contributed by atoms with E-state index in [4.69, 9.17) is 4.74 Å². The van der Waals surface area contributed by atoms with Gasteiger partial charge in [-0.2, -0.15) is 0 Å². The number of hydrogen-bond donors (Lipinski definition) is 0. The van der Waals surface area contributed by atoms with E-state index in [1.54, 1.807) is 7.11 Å². The third kappa shape index (κ3) is 3.02. The number of nitrogens with zero attached hydrogens (tertiary/aromatic N) is 2. The van der Waals surface area contributed by atoms with E-state index in [0.717, 1.165) is 56.8 Å². The maximum absolute atomic E-state index is 13.3. The molecule has 2 aliphatic rings. The Labute approximate surface area is 155 Å². The van der Waals surface area contributed by atoms with Gasteiger partial charge >= 0.3 is 0 Å². The number of fused-ring (bicyclic) bond motifs is 1. The second-order valence-corrected chi connectivity index (χ2v) is 7.54. The van der Waals surface area contributed by atoms with Crippen molar-refractivity contribution in [2.24, 2.45) is 0 Å². The molecule has 1 amide bonds. The molecule has 1 fully saturated rings. The highest BCUT2D eigenvalue weighted by molar-refractivity contribution is 5.95. The van der Waals surface area contributed by atoms with Crippen LogP contribution in [0.25, 0.3) is 0 Å². The largest absolute Gasteiger partial charge is 0.497 e. The Hall–Kier alpha value is -2.23. The smallest absolute Gasteiger partial charge is 0.270 e. The van der Waals surface area contributed by atoms with Crippen molar-refractivity contribution in [3.05, 3.63) is 52.3 Å². The molecule has 0 saturated carbocycles. The van der Waals surface area contributed by atoms with Crippen LogP contribution in [-0.2, 0) is 19.4 Å². The molecule has 4 nitrogen and oxygen atoms in total. The van der Waals surface area contributed by atoms with Gasteiger partial charge in [-0.15, -0.1) is 0 Å². The second kappa shape index (κ2) is 7.18. The predicted molar refractivity (Wildman–Crippen MR) is 103 cm³/mol. The highest BCUT2D eigenvalue weighted by Gasteiger charge is 2.29. The van der Waals surface area contributed by atoms with Crippen LogP contribution in [0, 0.1) is 6.92 Å². The maximum atomic E-state index is 13.3. The van der Waals surface area contributed by atoms with Crippen molar-refractivity contribution in [3.63, 3.8) is 0 Å². The number of carbonyl (C=O) groups excluding carboxylic acids is 1. The summed E-state index contributed by atoms with van der Waals surface area (Å²) < 4.78 is 7.69. The fourth-order valence-corrected chi connectivity index (χ4v) is 4.55. The summed E-state index contributed by atoms with van der Waals surface area (Å²) in [5.74, 6) is 1.09. The van der Waals surface area contributed by atoms with E-state index >= 15 is 0 Å². The van der Waals surface area contributed by atoms with Crippen LogP contribution in [0.3, 0.4) is 0 Å². The molecule has 4 rings (SSSR count). The van der Waals surface area contributed by atoms with E-state index in [2.05, 4.69) is 23.6 Å². The summed E-state index contributed by atoms with van der Waals surface area (Å²) in [5.41, 5.74) is 6.10. The summed E-state index contributed by atoms with van der Waals surface area (Å²) in [6.07, 6.45) is 6.88. The molecule has 2 aromatic rings. The van der Waals surface area contributed by atoms with Crippen molar-refractivity contribution in [2.45, 2.75) is 52.0 Å². The van der Waals surface area contributed by atoms with E-state index in [-0.39, 0.29) is 5.91 Å². The molecule has 0 radical (unpaired) electrons. The van der Waals surface area contributed by atoms with Crippen molar-refractivity contribution in [1.82, 2.24) is 9.47 Å². The lowest BCUT2D eigenvalue weighted by atomic mass is 9.95. The number of likely N-dealkylation sites (tertiary alicyclic amines) is 1. The predicted octanol–water partition coefficient (Wildman–Crippen LogP) is 3.97. The van der Waals surface area contributed by atoms with E-state index < -0.39 is 0 Å². The number of carbonyl (C=O) groups is 1. The Morgan fingerprint density at radius 3 is 2.65 bits per heavy atom. The quantitative estimate of drug-likeness (QED) is 0.834. The lowest BCUT2D eigenvalue weighted by molar-refractivity contribution is 0.0781. The van der Waals surface area contributed by atoms with Gasteiger partial charge in [-0.25, -0.2) is 0 Å². The minimum Gasteiger partial charge on any atom is -0.497 e. The molecule has 4 heteroatoms. The molecule has 0 spiro atoms. The number of amides is 1. The van der Waals surface area contributed by atoms with E-state index in [0.29, 0.717) is 0 Å². The zero-order valence-corrected chi connectivity index (χ0v) is 15.9. The number of ether oxygens (including phenoxy) is 1. The van der Waals surface area contributed by atoms with Gasteiger partial charge in [-0.1, -0.05) is 12.1 Å². The summed E-state index contributed by atoms with van der Waals surface area (Å²) >= 11 is 0. The van der Waals surface area contributed by atoms with Crippen molar-refractivity contribution >= 4 is 5.91 Å². The fraction of sp³-hybridized carbons (Fsp3) is 0.500. The highest BCUT2D eigenvalue weighted by Crippen LogP contribution is 2.32. The molecule has 1 aliphatic heterocycles. The van der Waals surface area contributed by atoms with Crippen molar-refractivity contribution in [1.29, 1.82) is 0 Å². The number of aromatic nitrogens is 1. The number of methoxy groups -OCH3 is 1.